The highest BCUT2D eigenvalue weighted by Crippen LogP contribution is 2.25. The number of carbonyl (C=O) groups excluding carboxylic acids is 1. The highest BCUT2D eigenvalue weighted by molar-refractivity contribution is 5.82. The van der Waals surface area contributed by atoms with E-state index in [1.54, 1.807) is 0 Å². The van der Waals surface area contributed by atoms with E-state index >= 15 is 0 Å². The van der Waals surface area contributed by atoms with Gasteiger partial charge in [0.1, 0.15) is 0 Å². The van der Waals surface area contributed by atoms with Crippen molar-refractivity contribution < 1.29 is 22.7 Å². The van der Waals surface area contributed by atoms with Gasteiger partial charge in [-0.2, -0.15) is 8.78 Å². The minimum absolute atomic E-state index is 0.0342. The molecular weight excluding hydrogens is 285 g/mol. The first kappa shape index (κ1) is 15.6. The first-order chi connectivity index (χ1) is 9.90. The van der Waals surface area contributed by atoms with Gasteiger partial charge in [-0.05, 0) is 37.6 Å². The molecule has 2 rings (SSSR count). The van der Waals surface area contributed by atoms with E-state index < -0.39 is 23.6 Å². The van der Waals surface area contributed by atoms with Crippen molar-refractivity contribution in [3.63, 3.8) is 0 Å². The van der Waals surface area contributed by atoms with Crippen LogP contribution in [0.5, 0.6) is 5.75 Å². The molecule has 21 heavy (non-hydrogen) atoms. The molecule has 1 aromatic carbocycles. The van der Waals surface area contributed by atoms with E-state index in [0.29, 0.717) is 19.5 Å². The van der Waals surface area contributed by atoms with Crippen LogP contribution in [-0.4, -0.2) is 31.1 Å². The lowest BCUT2D eigenvalue weighted by atomic mass is 9.95. The lowest BCUT2D eigenvalue weighted by Gasteiger charge is -2.31. The second-order valence-electron chi connectivity index (χ2n) is 5.10. The molecule has 1 saturated heterocycles. The quantitative estimate of drug-likeness (QED) is 0.893. The number of piperidine rings is 1. The van der Waals surface area contributed by atoms with Gasteiger partial charge in [-0.1, -0.05) is 19.1 Å². The van der Waals surface area contributed by atoms with Gasteiger partial charge in [0.15, 0.2) is 11.6 Å². The molecule has 4 nitrogen and oxygen atoms in total. The molecule has 1 aliphatic heterocycles. The van der Waals surface area contributed by atoms with Gasteiger partial charge in [0.05, 0.1) is 0 Å². The summed E-state index contributed by atoms with van der Waals surface area (Å²) in [7, 11) is 0. The normalized spacial score (nSPS) is 22.7. The molecule has 0 bridgehead atoms. The van der Waals surface area contributed by atoms with E-state index in [-0.39, 0.29) is 12.0 Å². The van der Waals surface area contributed by atoms with Crippen LogP contribution >= 0.6 is 0 Å². The van der Waals surface area contributed by atoms with Gasteiger partial charge in [0, 0.05) is 6.04 Å². The molecule has 1 aromatic rings. The standard InChI is InChI=1S/C14H17F3N2O2/c1-9-8-18-7-6-11(9)19-13(20)14(16,17)21-12-5-3-2-4-10(12)15/h2-5,9,11,18H,6-8H2,1H3,(H,19,20)/t9-,11-/m0/s1. The molecule has 2 atom stereocenters. The number of nitrogens with one attached hydrogen (secondary N) is 2. The molecule has 2 N–H and O–H groups in total. The Morgan fingerprint density at radius 1 is 1.43 bits per heavy atom. The zero-order valence-electron chi connectivity index (χ0n) is 11.5. The Kier molecular flexibility index (Phi) is 4.72. The molecule has 7 heteroatoms. The van der Waals surface area contributed by atoms with E-state index in [4.69, 9.17) is 0 Å². The second-order valence-corrected chi connectivity index (χ2v) is 5.10. The molecule has 1 aliphatic rings. The summed E-state index contributed by atoms with van der Waals surface area (Å²) in [4.78, 5) is 11.7. The van der Waals surface area contributed by atoms with Crippen molar-refractivity contribution in [3.8, 4) is 5.75 Å². The number of benzene rings is 1. The number of rotatable bonds is 4. The fourth-order valence-electron chi connectivity index (χ4n) is 2.19. The maximum absolute atomic E-state index is 13.7. The zero-order valence-corrected chi connectivity index (χ0v) is 11.5. The molecule has 116 valence electrons. The summed E-state index contributed by atoms with van der Waals surface area (Å²) < 4.78 is 45.0. The fraction of sp³-hybridized carbons (Fsp3) is 0.500. The van der Waals surface area contributed by atoms with Gasteiger partial charge in [-0.3, -0.25) is 4.79 Å². The highest BCUT2D eigenvalue weighted by atomic mass is 19.3. The number of amides is 1. The first-order valence-electron chi connectivity index (χ1n) is 6.73. The Bertz CT molecular complexity index is 511. The van der Waals surface area contributed by atoms with Crippen LogP contribution in [0.15, 0.2) is 24.3 Å². The monoisotopic (exact) mass is 302 g/mol. The van der Waals surface area contributed by atoms with Gasteiger partial charge in [0.25, 0.3) is 0 Å². The van der Waals surface area contributed by atoms with Crippen molar-refractivity contribution in [1.82, 2.24) is 10.6 Å². The van der Waals surface area contributed by atoms with Crippen molar-refractivity contribution in [3.05, 3.63) is 30.1 Å². The molecule has 1 fully saturated rings. The van der Waals surface area contributed by atoms with Gasteiger partial charge in [-0.25, -0.2) is 4.39 Å². The summed E-state index contributed by atoms with van der Waals surface area (Å²) in [6, 6.07) is 4.37. The molecule has 0 spiro atoms. The topological polar surface area (TPSA) is 50.4 Å². The van der Waals surface area contributed by atoms with Crippen molar-refractivity contribution in [1.29, 1.82) is 0 Å². The number of carbonyl (C=O) groups is 1. The molecule has 0 saturated carbocycles. The number of para-hydroxylation sites is 1. The summed E-state index contributed by atoms with van der Waals surface area (Å²) in [5.74, 6) is -3.12. The molecule has 0 unspecified atom stereocenters. The van der Waals surface area contributed by atoms with Gasteiger partial charge in [0.2, 0.25) is 0 Å². The van der Waals surface area contributed by atoms with Crippen LogP contribution in [0.4, 0.5) is 13.2 Å². The highest BCUT2D eigenvalue weighted by Gasteiger charge is 2.44. The Hall–Kier alpha value is -1.76. The Labute approximate surface area is 120 Å². The molecule has 0 aliphatic carbocycles. The van der Waals surface area contributed by atoms with Crippen LogP contribution in [0.25, 0.3) is 0 Å². The smallest absolute Gasteiger partial charge is 0.422 e. The van der Waals surface area contributed by atoms with E-state index in [0.717, 1.165) is 12.1 Å². The average molecular weight is 302 g/mol. The Morgan fingerprint density at radius 3 is 2.81 bits per heavy atom. The van der Waals surface area contributed by atoms with Crippen LogP contribution in [0, 0.1) is 11.7 Å². The van der Waals surface area contributed by atoms with Crippen LogP contribution in [0.1, 0.15) is 13.3 Å². The zero-order chi connectivity index (χ0) is 15.5. The Morgan fingerprint density at radius 2 is 2.14 bits per heavy atom. The minimum atomic E-state index is -4.12. The van der Waals surface area contributed by atoms with Crippen LogP contribution in [-0.2, 0) is 4.79 Å². The summed E-state index contributed by atoms with van der Waals surface area (Å²) >= 11 is 0. The third-order valence-electron chi connectivity index (χ3n) is 3.44. The van der Waals surface area contributed by atoms with Crippen LogP contribution in [0.2, 0.25) is 0 Å². The maximum Gasteiger partial charge on any atom is 0.482 e. The summed E-state index contributed by atoms with van der Waals surface area (Å²) in [5.41, 5.74) is 0. The number of ether oxygens (including phenoxy) is 1. The second kappa shape index (κ2) is 6.34. The third kappa shape index (κ3) is 3.87. The van der Waals surface area contributed by atoms with Crippen molar-refractivity contribution in [2.24, 2.45) is 5.92 Å². The number of hydrogen-bond acceptors (Lipinski definition) is 3. The Balaban J connectivity index is 2.01. The van der Waals surface area contributed by atoms with E-state index in [1.165, 1.54) is 12.1 Å². The summed E-state index contributed by atoms with van der Waals surface area (Å²) in [6.45, 7) is 3.15. The van der Waals surface area contributed by atoms with Crippen molar-refractivity contribution in [2.45, 2.75) is 25.5 Å². The maximum atomic E-state index is 13.7. The van der Waals surface area contributed by atoms with Gasteiger partial charge >= 0.3 is 12.0 Å². The minimum Gasteiger partial charge on any atom is -0.422 e. The predicted octanol–water partition coefficient (Wildman–Crippen LogP) is 1.91. The predicted molar refractivity (Wildman–Crippen MR) is 70.6 cm³/mol. The SMILES string of the molecule is C[C@H]1CNCC[C@@H]1NC(=O)C(F)(F)Oc1ccccc1F. The van der Waals surface area contributed by atoms with E-state index in [2.05, 4.69) is 15.4 Å². The van der Waals surface area contributed by atoms with Crippen molar-refractivity contribution >= 4 is 5.91 Å². The summed E-state index contributed by atoms with van der Waals surface area (Å²) in [6.07, 6.45) is -3.56. The summed E-state index contributed by atoms with van der Waals surface area (Å²) in [5, 5.41) is 5.38. The molecule has 1 amide bonds. The average Bonchev–Trinajstić information content (AvgIpc) is 2.43. The van der Waals surface area contributed by atoms with Gasteiger partial charge in [-0.15, -0.1) is 0 Å². The van der Waals surface area contributed by atoms with Crippen LogP contribution < -0.4 is 15.4 Å². The first-order valence-corrected chi connectivity index (χ1v) is 6.73. The molecule has 1 heterocycles. The van der Waals surface area contributed by atoms with Gasteiger partial charge < -0.3 is 15.4 Å². The molecular formula is C14H17F3N2O2. The number of halogens is 3. The lowest BCUT2D eigenvalue weighted by molar-refractivity contribution is -0.194. The number of alkyl halides is 2. The van der Waals surface area contributed by atoms with E-state index in [9.17, 15) is 18.0 Å². The largest absolute Gasteiger partial charge is 0.482 e. The van der Waals surface area contributed by atoms with Crippen molar-refractivity contribution in [2.75, 3.05) is 13.1 Å². The molecule has 0 aromatic heterocycles. The van der Waals surface area contributed by atoms with E-state index in [1.807, 2.05) is 6.92 Å². The molecule has 0 radical (unpaired) electrons. The van der Waals surface area contributed by atoms with Crippen LogP contribution in [0.3, 0.4) is 0 Å². The third-order valence-corrected chi connectivity index (χ3v) is 3.44. The lowest BCUT2D eigenvalue weighted by Crippen LogP contribution is -2.54. The fourth-order valence-corrected chi connectivity index (χ4v) is 2.19. The number of hydrogen-bond donors (Lipinski definition) is 2.